The predicted octanol–water partition coefficient (Wildman–Crippen LogP) is 2.88. The van der Waals surface area contributed by atoms with Gasteiger partial charge < -0.3 is 24.8 Å². The van der Waals surface area contributed by atoms with Crippen molar-refractivity contribution in [3.63, 3.8) is 0 Å². The summed E-state index contributed by atoms with van der Waals surface area (Å²) >= 11 is 0. The van der Waals surface area contributed by atoms with Crippen molar-refractivity contribution in [3.05, 3.63) is 23.8 Å². The number of aliphatic imine (C=N–C) groups is 1. The monoisotopic (exact) mass is 477 g/mol. The third kappa shape index (κ3) is 6.83. The van der Waals surface area contributed by atoms with Crippen LogP contribution in [-0.4, -0.2) is 55.9 Å². The number of nitrogens with one attached hydrogen (secondary N) is 1. The van der Waals surface area contributed by atoms with Crippen LogP contribution in [0.1, 0.15) is 32.3 Å². The van der Waals surface area contributed by atoms with E-state index in [0.717, 1.165) is 31.2 Å². The van der Waals surface area contributed by atoms with E-state index in [1.54, 1.807) is 7.11 Å². The predicted molar refractivity (Wildman–Crippen MR) is 116 cm³/mol. The third-order valence-electron chi connectivity index (χ3n) is 4.28. The molecule has 0 saturated carbocycles. The molecule has 7 heteroatoms. The van der Waals surface area contributed by atoms with Crippen molar-refractivity contribution in [2.75, 3.05) is 40.0 Å². The minimum atomic E-state index is -0.0183. The van der Waals surface area contributed by atoms with Crippen LogP contribution in [0.15, 0.2) is 23.2 Å². The van der Waals surface area contributed by atoms with Crippen molar-refractivity contribution in [3.8, 4) is 11.5 Å². The Balaban J connectivity index is 0.00000338. The summed E-state index contributed by atoms with van der Waals surface area (Å²) in [4.78, 5) is 7.16. The van der Waals surface area contributed by atoms with E-state index in [0.29, 0.717) is 24.0 Å². The Kier molecular flexibility index (Phi) is 10.7. The van der Waals surface area contributed by atoms with Crippen LogP contribution in [0.4, 0.5) is 0 Å². The van der Waals surface area contributed by atoms with Crippen molar-refractivity contribution in [2.45, 2.75) is 33.2 Å². The van der Waals surface area contributed by atoms with Gasteiger partial charge >= 0.3 is 0 Å². The molecule has 26 heavy (non-hydrogen) atoms. The molecule has 0 radical (unpaired) electrons. The summed E-state index contributed by atoms with van der Waals surface area (Å²) < 4.78 is 10.9. The first-order valence-electron chi connectivity index (χ1n) is 9.11. The standard InChI is InChI=1S/C19H31N3O3.HI/c1-4-20-19(22-9-5-6-15(2)14-22)21-13-16-7-8-17(25-11-10-23)18(12-16)24-3;/h7-8,12,15,23H,4-6,9-11,13-14H2,1-3H3,(H,20,21);1H. The van der Waals surface area contributed by atoms with Crippen LogP contribution in [0, 0.1) is 5.92 Å². The topological polar surface area (TPSA) is 66.3 Å². The van der Waals surface area contributed by atoms with Crippen molar-refractivity contribution in [1.29, 1.82) is 0 Å². The van der Waals surface area contributed by atoms with Gasteiger partial charge in [0.15, 0.2) is 17.5 Å². The van der Waals surface area contributed by atoms with Gasteiger partial charge in [-0.15, -0.1) is 24.0 Å². The second-order valence-electron chi connectivity index (χ2n) is 6.42. The maximum Gasteiger partial charge on any atom is 0.194 e. The van der Waals surface area contributed by atoms with Crippen LogP contribution >= 0.6 is 24.0 Å². The second-order valence-corrected chi connectivity index (χ2v) is 6.42. The lowest BCUT2D eigenvalue weighted by molar-refractivity contribution is 0.196. The number of nitrogens with zero attached hydrogens (tertiary/aromatic N) is 2. The molecule has 2 N–H and O–H groups in total. The van der Waals surface area contributed by atoms with E-state index in [4.69, 9.17) is 19.6 Å². The molecule has 148 valence electrons. The van der Waals surface area contributed by atoms with Gasteiger partial charge in [-0.2, -0.15) is 0 Å². The molecule has 1 fully saturated rings. The number of aliphatic hydroxyl groups excluding tert-OH is 1. The van der Waals surface area contributed by atoms with Gasteiger partial charge in [0.05, 0.1) is 20.3 Å². The molecule has 1 atom stereocenters. The summed E-state index contributed by atoms with van der Waals surface area (Å²) in [5.41, 5.74) is 1.06. The molecule has 0 aromatic heterocycles. The molecular formula is C19H32IN3O3. The molecule has 1 saturated heterocycles. The maximum absolute atomic E-state index is 8.89. The molecule has 1 heterocycles. The average molecular weight is 477 g/mol. The largest absolute Gasteiger partial charge is 0.493 e. The molecule has 6 nitrogen and oxygen atoms in total. The van der Waals surface area contributed by atoms with Crippen LogP contribution in [0.25, 0.3) is 0 Å². The Morgan fingerprint density at radius 1 is 1.38 bits per heavy atom. The summed E-state index contributed by atoms with van der Waals surface area (Å²) in [5, 5.41) is 12.3. The van der Waals surface area contributed by atoms with E-state index < -0.39 is 0 Å². The Hall–Kier alpha value is -1.22. The van der Waals surface area contributed by atoms with Gasteiger partial charge in [-0.1, -0.05) is 13.0 Å². The van der Waals surface area contributed by atoms with Gasteiger partial charge in [-0.25, -0.2) is 4.99 Å². The summed E-state index contributed by atoms with van der Waals surface area (Å²) in [6.07, 6.45) is 2.51. The van der Waals surface area contributed by atoms with Crippen LogP contribution in [0.3, 0.4) is 0 Å². The van der Waals surface area contributed by atoms with E-state index in [2.05, 4.69) is 24.1 Å². The lowest BCUT2D eigenvalue weighted by Crippen LogP contribution is -2.46. The van der Waals surface area contributed by atoms with Crippen molar-refractivity contribution < 1.29 is 14.6 Å². The number of likely N-dealkylation sites (tertiary alicyclic amines) is 1. The van der Waals surface area contributed by atoms with Crippen LogP contribution in [-0.2, 0) is 6.54 Å². The van der Waals surface area contributed by atoms with E-state index >= 15 is 0 Å². The first-order chi connectivity index (χ1) is 12.2. The Morgan fingerprint density at radius 2 is 2.19 bits per heavy atom. The van der Waals surface area contributed by atoms with E-state index in [1.807, 2.05) is 18.2 Å². The van der Waals surface area contributed by atoms with Gasteiger partial charge in [-0.3, -0.25) is 0 Å². The first-order valence-corrected chi connectivity index (χ1v) is 9.11. The molecule has 1 aromatic rings. The summed E-state index contributed by atoms with van der Waals surface area (Å²) in [5.74, 6) is 2.99. The lowest BCUT2D eigenvalue weighted by atomic mass is 10.0. The van der Waals surface area contributed by atoms with E-state index in [9.17, 15) is 0 Å². The van der Waals surface area contributed by atoms with E-state index in [-0.39, 0.29) is 37.2 Å². The quantitative estimate of drug-likeness (QED) is 0.359. The van der Waals surface area contributed by atoms with Gasteiger partial charge in [0.2, 0.25) is 0 Å². The Labute approximate surface area is 174 Å². The normalized spacial score (nSPS) is 17.5. The lowest BCUT2D eigenvalue weighted by Gasteiger charge is -2.33. The number of guanidine groups is 1. The first kappa shape index (κ1) is 22.8. The molecule has 1 aromatic carbocycles. The number of halogens is 1. The van der Waals surface area contributed by atoms with Gasteiger partial charge in [0.25, 0.3) is 0 Å². The van der Waals surface area contributed by atoms with Gasteiger partial charge in [0.1, 0.15) is 6.61 Å². The molecule has 1 unspecified atom stereocenters. The third-order valence-corrected chi connectivity index (χ3v) is 4.28. The SMILES string of the molecule is CCNC(=NCc1ccc(OCCO)c(OC)c1)N1CCCC(C)C1.I. The zero-order valence-electron chi connectivity index (χ0n) is 16.0. The number of hydrogen-bond acceptors (Lipinski definition) is 4. The molecule has 0 aliphatic carbocycles. The van der Waals surface area contributed by atoms with E-state index in [1.165, 1.54) is 12.8 Å². The van der Waals surface area contributed by atoms with Crippen molar-refractivity contribution >= 4 is 29.9 Å². The Morgan fingerprint density at radius 3 is 2.85 bits per heavy atom. The molecule has 2 rings (SSSR count). The average Bonchev–Trinajstić information content (AvgIpc) is 2.63. The Bertz CT molecular complexity index is 569. The number of piperidine rings is 1. The van der Waals surface area contributed by atoms with Crippen LogP contribution < -0.4 is 14.8 Å². The highest BCUT2D eigenvalue weighted by molar-refractivity contribution is 14.0. The smallest absolute Gasteiger partial charge is 0.194 e. The molecule has 1 aliphatic rings. The number of rotatable bonds is 7. The number of benzene rings is 1. The highest BCUT2D eigenvalue weighted by Gasteiger charge is 2.19. The molecule has 1 aliphatic heterocycles. The van der Waals surface area contributed by atoms with Gasteiger partial charge in [-0.05, 0) is 43.4 Å². The zero-order valence-corrected chi connectivity index (χ0v) is 18.4. The molecule has 0 bridgehead atoms. The summed E-state index contributed by atoms with van der Waals surface area (Å²) in [6, 6.07) is 5.80. The van der Waals surface area contributed by atoms with Crippen LogP contribution in [0.2, 0.25) is 0 Å². The van der Waals surface area contributed by atoms with Crippen molar-refractivity contribution in [1.82, 2.24) is 10.2 Å². The minimum Gasteiger partial charge on any atom is -0.493 e. The number of ether oxygens (including phenoxy) is 2. The highest BCUT2D eigenvalue weighted by Crippen LogP contribution is 2.28. The maximum atomic E-state index is 8.89. The van der Waals surface area contributed by atoms with Crippen LogP contribution in [0.5, 0.6) is 11.5 Å². The summed E-state index contributed by atoms with van der Waals surface area (Å²) in [7, 11) is 1.62. The number of aliphatic hydroxyl groups is 1. The fourth-order valence-corrected chi connectivity index (χ4v) is 3.06. The number of hydrogen-bond donors (Lipinski definition) is 2. The zero-order chi connectivity index (χ0) is 18.1. The molecule has 0 amide bonds. The van der Waals surface area contributed by atoms with Crippen molar-refractivity contribution in [2.24, 2.45) is 10.9 Å². The van der Waals surface area contributed by atoms with Gasteiger partial charge in [0, 0.05) is 19.6 Å². The highest BCUT2D eigenvalue weighted by atomic mass is 127. The number of methoxy groups -OCH3 is 1. The molecular weight excluding hydrogens is 445 g/mol. The fraction of sp³-hybridized carbons (Fsp3) is 0.632. The second kappa shape index (κ2) is 12.2. The minimum absolute atomic E-state index is 0. The fourth-order valence-electron chi connectivity index (χ4n) is 3.06. The molecule has 0 spiro atoms. The summed E-state index contributed by atoms with van der Waals surface area (Å²) in [6.45, 7) is 8.20.